The summed E-state index contributed by atoms with van der Waals surface area (Å²) in [5, 5.41) is 0. The first-order valence-electron chi connectivity index (χ1n) is 3.80. The predicted octanol–water partition coefficient (Wildman–Crippen LogP) is 0.888. The first-order chi connectivity index (χ1) is 5.00. The van der Waals surface area contributed by atoms with Gasteiger partial charge in [-0.3, -0.25) is 4.79 Å². The van der Waals surface area contributed by atoms with E-state index < -0.39 is 0 Å². The van der Waals surface area contributed by atoms with Crippen molar-refractivity contribution >= 4 is 5.91 Å². The smallest absolute Gasteiger partial charge is 0.251 e. The average Bonchev–Trinajstić information content (AvgIpc) is 2.00. The highest BCUT2D eigenvalue weighted by atomic mass is 16.5. The summed E-state index contributed by atoms with van der Waals surface area (Å²) in [6.07, 6.45) is -0.331. The number of methoxy groups -OCH3 is 1. The van der Waals surface area contributed by atoms with Crippen LogP contribution >= 0.6 is 0 Å². The summed E-state index contributed by atoms with van der Waals surface area (Å²) in [5.74, 6) is 0.0301. The molecule has 66 valence electrons. The van der Waals surface area contributed by atoms with Gasteiger partial charge in [-0.25, -0.2) is 0 Å². The molecule has 0 N–H and O–H groups in total. The molecule has 1 amide bonds. The molecule has 0 radical (unpaired) electrons. The van der Waals surface area contributed by atoms with Crippen LogP contribution < -0.4 is 0 Å². The van der Waals surface area contributed by atoms with E-state index in [1.54, 1.807) is 18.9 Å². The van der Waals surface area contributed by atoms with Gasteiger partial charge in [0, 0.05) is 20.2 Å². The van der Waals surface area contributed by atoms with Crippen LogP contribution in [-0.4, -0.2) is 37.1 Å². The molecule has 1 atom stereocenters. The number of ether oxygens (including phenoxy) is 1. The van der Waals surface area contributed by atoms with Gasteiger partial charge in [0.25, 0.3) is 5.91 Å². The lowest BCUT2D eigenvalue weighted by molar-refractivity contribution is -0.141. The monoisotopic (exact) mass is 159 g/mol. The number of likely N-dealkylation sites (N-methyl/N-ethyl adjacent to an activating group) is 1. The fraction of sp³-hybridized carbons (Fsp3) is 0.875. The third kappa shape index (κ3) is 2.89. The van der Waals surface area contributed by atoms with Crippen LogP contribution in [0.2, 0.25) is 0 Å². The number of carbonyl (C=O) groups excluding carboxylic acids is 1. The van der Waals surface area contributed by atoms with Crippen molar-refractivity contribution in [3.63, 3.8) is 0 Å². The summed E-state index contributed by atoms with van der Waals surface area (Å²) in [5.41, 5.74) is 0. The Morgan fingerprint density at radius 2 is 1.82 bits per heavy atom. The van der Waals surface area contributed by atoms with E-state index in [-0.39, 0.29) is 18.1 Å². The topological polar surface area (TPSA) is 29.5 Å². The van der Waals surface area contributed by atoms with Crippen molar-refractivity contribution in [1.82, 2.24) is 4.90 Å². The first-order valence-corrected chi connectivity index (χ1v) is 3.80. The standard InChI is InChI=1S/C8H17NO2/c1-6(2)9(4)8(10)7(3)11-5/h6-7H,1-5H3. The van der Waals surface area contributed by atoms with Crippen molar-refractivity contribution in [2.24, 2.45) is 0 Å². The molecule has 3 heteroatoms. The van der Waals surface area contributed by atoms with Crippen LogP contribution in [0.4, 0.5) is 0 Å². The fourth-order valence-electron chi connectivity index (χ4n) is 0.642. The van der Waals surface area contributed by atoms with Gasteiger partial charge in [-0.15, -0.1) is 0 Å². The maximum Gasteiger partial charge on any atom is 0.251 e. The Balaban J connectivity index is 4.02. The number of nitrogens with zero attached hydrogens (tertiary/aromatic N) is 1. The minimum Gasteiger partial charge on any atom is -0.372 e. The Morgan fingerprint density at radius 1 is 1.36 bits per heavy atom. The van der Waals surface area contributed by atoms with Crippen LogP contribution in [-0.2, 0) is 9.53 Å². The first kappa shape index (κ1) is 10.4. The maximum absolute atomic E-state index is 11.3. The SMILES string of the molecule is COC(C)C(=O)N(C)C(C)C. The van der Waals surface area contributed by atoms with E-state index in [0.717, 1.165) is 0 Å². The lowest BCUT2D eigenvalue weighted by Gasteiger charge is -2.24. The third-order valence-electron chi connectivity index (χ3n) is 1.82. The Morgan fingerprint density at radius 3 is 2.09 bits per heavy atom. The van der Waals surface area contributed by atoms with Crippen LogP contribution in [0.25, 0.3) is 0 Å². The zero-order chi connectivity index (χ0) is 9.02. The number of amides is 1. The molecule has 0 saturated carbocycles. The Kier molecular flexibility index (Phi) is 4.11. The van der Waals surface area contributed by atoms with E-state index in [9.17, 15) is 4.79 Å². The normalized spacial score (nSPS) is 13.3. The zero-order valence-corrected chi connectivity index (χ0v) is 7.92. The van der Waals surface area contributed by atoms with Gasteiger partial charge < -0.3 is 9.64 Å². The maximum atomic E-state index is 11.3. The van der Waals surface area contributed by atoms with Crippen LogP contribution in [0, 0.1) is 0 Å². The lowest BCUT2D eigenvalue weighted by atomic mass is 10.3. The minimum atomic E-state index is -0.331. The van der Waals surface area contributed by atoms with Crippen molar-refractivity contribution in [3.05, 3.63) is 0 Å². The molecule has 0 rings (SSSR count). The van der Waals surface area contributed by atoms with E-state index in [4.69, 9.17) is 4.74 Å². The van der Waals surface area contributed by atoms with Gasteiger partial charge in [-0.05, 0) is 20.8 Å². The van der Waals surface area contributed by atoms with Crippen LogP contribution in [0.1, 0.15) is 20.8 Å². The molecule has 0 aromatic rings. The second-order valence-corrected chi connectivity index (χ2v) is 2.92. The second-order valence-electron chi connectivity index (χ2n) is 2.92. The summed E-state index contributed by atoms with van der Waals surface area (Å²) >= 11 is 0. The number of rotatable bonds is 3. The van der Waals surface area contributed by atoms with E-state index in [0.29, 0.717) is 0 Å². The molecular weight excluding hydrogens is 142 g/mol. The molecule has 0 aromatic carbocycles. The quantitative estimate of drug-likeness (QED) is 0.612. The highest BCUT2D eigenvalue weighted by Gasteiger charge is 2.18. The highest BCUT2D eigenvalue weighted by Crippen LogP contribution is 1.99. The Labute approximate surface area is 68.3 Å². The molecule has 0 aliphatic rings. The van der Waals surface area contributed by atoms with Crippen molar-refractivity contribution in [2.75, 3.05) is 14.2 Å². The molecule has 0 bridgehead atoms. The summed E-state index contributed by atoms with van der Waals surface area (Å²) in [7, 11) is 3.32. The summed E-state index contributed by atoms with van der Waals surface area (Å²) in [6.45, 7) is 5.70. The summed E-state index contributed by atoms with van der Waals surface area (Å²) in [6, 6.07) is 0.236. The highest BCUT2D eigenvalue weighted by molar-refractivity contribution is 5.80. The molecule has 1 unspecified atom stereocenters. The van der Waals surface area contributed by atoms with Gasteiger partial charge >= 0.3 is 0 Å². The number of carbonyl (C=O) groups is 1. The van der Waals surface area contributed by atoms with Gasteiger partial charge in [0.15, 0.2) is 0 Å². The summed E-state index contributed by atoms with van der Waals surface area (Å²) < 4.78 is 4.89. The molecule has 0 aliphatic carbocycles. The van der Waals surface area contributed by atoms with Gasteiger partial charge in [0.1, 0.15) is 6.10 Å². The Bertz CT molecular complexity index is 134. The third-order valence-corrected chi connectivity index (χ3v) is 1.82. The van der Waals surface area contributed by atoms with Gasteiger partial charge in [-0.1, -0.05) is 0 Å². The van der Waals surface area contributed by atoms with E-state index >= 15 is 0 Å². The molecule has 0 heterocycles. The van der Waals surface area contributed by atoms with Gasteiger partial charge in [-0.2, -0.15) is 0 Å². The molecule has 0 spiro atoms. The van der Waals surface area contributed by atoms with Crippen molar-refractivity contribution < 1.29 is 9.53 Å². The largest absolute Gasteiger partial charge is 0.372 e. The molecule has 0 fully saturated rings. The van der Waals surface area contributed by atoms with E-state index in [1.165, 1.54) is 7.11 Å². The molecular formula is C8H17NO2. The van der Waals surface area contributed by atoms with Crippen LogP contribution in [0.3, 0.4) is 0 Å². The molecule has 0 aliphatic heterocycles. The Hall–Kier alpha value is -0.570. The van der Waals surface area contributed by atoms with Crippen molar-refractivity contribution in [3.8, 4) is 0 Å². The predicted molar refractivity (Wildman–Crippen MR) is 44.4 cm³/mol. The van der Waals surface area contributed by atoms with Crippen molar-refractivity contribution in [1.29, 1.82) is 0 Å². The second kappa shape index (κ2) is 4.34. The number of hydrogen-bond donors (Lipinski definition) is 0. The van der Waals surface area contributed by atoms with Gasteiger partial charge in [0.05, 0.1) is 0 Å². The van der Waals surface area contributed by atoms with Crippen molar-refractivity contribution in [2.45, 2.75) is 32.9 Å². The molecule has 3 nitrogen and oxygen atoms in total. The zero-order valence-electron chi connectivity index (χ0n) is 7.92. The average molecular weight is 159 g/mol. The molecule has 11 heavy (non-hydrogen) atoms. The van der Waals surface area contributed by atoms with Gasteiger partial charge in [0.2, 0.25) is 0 Å². The fourth-order valence-corrected chi connectivity index (χ4v) is 0.642. The lowest BCUT2D eigenvalue weighted by Crippen LogP contribution is -2.39. The number of hydrogen-bond acceptors (Lipinski definition) is 2. The molecule has 0 saturated heterocycles. The summed E-state index contributed by atoms with van der Waals surface area (Å²) in [4.78, 5) is 13.0. The minimum absolute atomic E-state index is 0.0301. The molecule has 0 aromatic heterocycles. The van der Waals surface area contributed by atoms with Crippen LogP contribution in [0.15, 0.2) is 0 Å². The van der Waals surface area contributed by atoms with E-state index in [2.05, 4.69) is 0 Å². The van der Waals surface area contributed by atoms with Crippen LogP contribution in [0.5, 0.6) is 0 Å². The van der Waals surface area contributed by atoms with E-state index in [1.807, 2.05) is 13.8 Å².